The van der Waals surface area contributed by atoms with Crippen LogP contribution >= 0.6 is 11.6 Å². The maximum atomic E-state index is 13.7. The van der Waals surface area contributed by atoms with E-state index in [1.54, 1.807) is 25.3 Å². The van der Waals surface area contributed by atoms with Gasteiger partial charge in [0.25, 0.3) is 0 Å². The molecule has 1 amide bonds. The zero-order valence-electron chi connectivity index (χ0n) is 21.4. The van der Waals surface area contributed by atoms with Crippen molar-refractivity contribution in [1.29, 1.82) is 0 Å². The number of nitrogens with zero attached hydrogens (tertiary/aromatic N) is 1. The van der Waals surface area contributed by atoms with E-state index in [-0.39, 0.29) is 22.8 Å². The summed E-state index contributed by atoms with van der Waals surface area (Å²) < 4.78 is 44.5. The predicted molar refractivity (Wildman–Crippen MR) is 141 cm³/mol. The van der Waals surface area contributed by atoms with Crippen LogP contribution in [0.5, 0.6) is 5.75 Å². The van der Waals surface area contributed by atoms with Crippen molar-refractivity contribution in [3.8, 4) is 5.75 Å². The third-order valence-electron chi connectivity index (χ3n) is 6.85. The highest BCUT2D eigenvalue weighted by molar-refractivity contribution is 7.89. The van der Waals surface area contributed by atoms with Crippen molar-refractivity contribution in [2.45, 2.75) is 50.1 Å². The van der Waals surface area contributed by atoms with Crippen LogP contribution in [-0.2, 0) is 43.7 Å². The molecule has 1 N–H and O–H groups in total. The fourth-order valence-electron chi connectivity index (χ4n) is 4.86. The molecule has 1 heterocycles. The summed E-state index contributed by atoms with van der Waals surface area (Å²) in [6, 6.07) is 10.6. The van der Waals surface area contributed by atoms with E-state index >= 15 is 0 Å². The van der Waals surface area contributed by atoms with Gasteiger partial charge < -0.3 is 19.1 Å². The van der Waals surface area contributed by atoms with E-state index in [0.717, 1.165) is 23.1 Å². The quantitative estimate of drug-likeness (QED) is 0.406. The fraction of sp³-hybridized carbons (Fsp3) is 0.519. The van der Waals surface area contributed by atoms with Crippen molar-refractivity contribution in [3.63, 3.8) is 0 Å². The van der Waals surface area contributed by atoms with Gasteiger partial charge in [0, 0.05) is 43.4 Å². The second-order valence-electron chi connectivity index (χ2n) is 9.51. The summed E-state index contributed by atoms with van der Waals surface area (Å²) in [5.41, 5.74) is 2.83. The molecule has 2 aliphatic rings. The maximum absolute atomic E-state index is 13.7. The van der Waals surface area contributed by atoms with Crippen LogP contribution in [0.25, 0.3) is 0 Å². The Hall–Kier alpha value is -2.17. The third kappa shape index (κ3) is 6.83. The largest absolute Gasteiger partial charge is 0.491 e. The number of rotatable bonds is 12. The van der Waals surface area contributed by atoms with Crippen molar-refractivity contribution in [2.75, 3.05) is 40.1 Å². The number of hydrogen-bond donors (Lipinski definition) is 1. The SMILES string of the molecule is CCCNS(=O)(=O)c1ccc2c(c1)CC(N(Cc1cc(Cl)ccc1OCCOC)C(=O)C1CCOC1)C2. The monoisotopic (exact) mass is 550 g/mol. The van der Waals surface area contributed by atoms with E-state index in [1.807, 2.05) is 30.0 Å². The summed E-state index contributed by atoms with van der Waals surface area (Å²) in [5.74, 6) is 0.498. The standard InChI is InChI=1S/C27H35ClN2O6S/c1-3-9-29-37(32,33)25-6-4-19-14-24(15-21(19)16-25)30(27(31)20-8-10-35-18-20)17-22-13-23(28)5-7-26(22)36-12-11-34-2/h4-7,13,16,20,24,29H,3,8-12,14-15,17-18H2,1-2H3. The minimum Gasteiger partial charge on any atom is -0.491 e. The molecule has 0 radical (unpaired) electrons. The lowest BCUT2D eigenvalue weighted by Crippen LogP contribution is -2.44. The number of methoxy groups -OCH3 is 1. The van der Waals surface area contributed by atoms with E-state index < -0.39 is 10.0 Å². The van der Waals surface area contributed by atoms with Gasteiger partial charge in [-0.25, -0.2) is 13.1 Å². The number of fused-ring (bicyclic) bond motifs is 1. The highest BCUT2D eigenvalue weighted by atomic mass is 35.5. The molecule has 1 aliphatic heterocycles. The van der Waals surface area contributed by atoms with Gasteiger partial charge in [-0.15, -0.1) is 0 Å². The summed E-state index contributed by atoms with van der Waals surface area (Å²) in [5, 5.41) is 0.565. The number of hydrogen-bond acceptors (Lipinski definition) is 6. The number of amides is 1. The van der Waals surface area contributed by atoms with Gasteiger partial charge in [0.2, 0.25) is 15.9 Å². The first-order valence-corrected chi connectivity index (χ1v) is 14.6. The zero-order chi connectivity index (χ0) is 26.4. The van der Waals surface area contributed by atoms with Gasteiger partial charge in [-0.3, -0.25) is 4.79 Å². The second kappa shape index (κ2) is 12.6. The van der Waals surface area contributed by atoms with E-state index in [4.69, 9.17) is 25.8 Å². The van der Waals surface area contributed by atoms with Gasteiger partial charge in [-0.05, 0) is 67.1 Å². The molecule has 37 heavy (non-hydrogen) atoms. The first kappa shape index (κ1) is 27.9. The Kier molecular flexibility index (Phi) is 9.47. The predicted octanol–water partition coefficient (Wildman–Crippen LogP) is 3.59. The number of halogens is 1. The highest BCUT2D eigenvalue weighted by Crippen LogP contribution is 2.33. The minimum absolute atomic E-state index is 0.0376. The average Bonchev–Trinajstić information content (AvgIpc) is 3.57. The summed E-state index contributed by atoms with van der Waals surface area (Å²) in [7, 11) is -1.95. The zero-order valence-corrected chi connectivity index (χ0v) is 22.9. The minimum atomic E-state index is -3.57. The number of nitrogens with one attached hydrogen (secondary N) is 1. The molecule has 1 fully saturated rings. The summed E-state index contributed by atoms with van der Waals surface area (Å²) in [6.07, 6.45) is 2.63. The van der Waals surface area contributed by atoms with Gasteiger partial charge in [0.15, 0.2) is 0 Å². The van der Waals surface area contributed by atoms with Gasteiger partial charge >= 0.3 is 0 Å². The lowest BCUT2D eigenvalue weighted by atomic mass is 10.0. The molecule has 0 saturated carbocycles. The Morgan fingerprint density at radius 1 is 1.16 bits per heavy atom. The molecule has 0 aromatic heterocycles. The molecule has 2 unspecified atom stereocenters. The van der Waals surface area contributed by atoms with Crippen LogP contribution < -0.4 is 9.46 Å². The van der Waals surface area contributed by atoms with Crippen LogP contribution in [0, 0.1) is 5.92 Å². The van der Waals surface area contributed by atoms with Gasteiger partial charge in [-0.1, -0.05) is 24.6 Å². The first-order chi connectivity index (χ1) is 17.8. The van der Waals surface area contributed by atoms with E-state index in [1.165, 1.54) is 0 Å². The van der Waals surface area contributed by atoms with Crippen LogP contribution in [0.3, 0.4) is 0 Å². The first-order valence-electron chi connectivity index (χ1n) is 12.7. The summed E-state index contributed by atoms with van der Waals surface area (Å²) in [4.78, 5) is 15.9. The molecule has 0 spiro atoms. The molecule has 2 aromatic carbocycles. The molecule has 1 saturated heterocycles. The average molecular weight is 551 g/mol. The van der Waals surface area contributed by atoms with Crippen molar-refractivity contribution >= 4 is 27.5 Å². The molecular formula is C27H35ClN2O6S. The van der Waals surface area contributed by atoms with Crippen molar-refractivity contribution < 1.29 is 27.4 Å². The van der Waals surface area contributed by atoms with Crippen molar-refractivity contribution in [1.82, 2.24) is 9.62 Å². The number of carbonyl (C=O) groups is 1. The van der Waals surface area contributed by atoms with Gasteiger partial charge in [0.1, 0.15) is 12.4 Å². The lowest BCUT2D eigenvalue weighted by molar-refractivity contribution is -0.138. The molecule has 1 aliphatic carbocycles. The van der Waals surface area contributed by atoms with Crippen molar-refractivity contribution in [2.24, 2.45) is 5.92 Å². The molecule has 2 aromatic rings. The molecule has 8 nitrogen and oxygen atoms in total. The Morgan fingerprint density at radius 3 is 2.70 bits per heavy atom. The Bertz CT molecular complexity index is 1200. The Morgan fingerprint density at radius 2 is 1.97 bits per heavy atom. The second-order valence-corrected chi connectivity index (χ2v) is 11.7. The maximum Gasteiger partial charge on any atom is 0.240 e. The molecule has 10 heteroatoms. The van der Waals surface area contributed by atoms with E-state index in [2.05, 4.69) is 4.72 Å². The smallest absolute Gasteiger partial charge is 0.240 e. The molecular weight excluding hydrogens is 516 g/mol. The molecule has 0 bridgehead atoms. The van der Waals surface area contributed by atoms with Gasteiger partial charge in [-0.2, -0.15) is 0 Å². The Labute approximate surface area is 224 Å². The number of sulfonamides is 1. The van der Waals surface area contributed by atoms with Crippen LogP contribution in [-0.4, -0.2) is 65.3 Å². The summed E-state index contributed by atoms with van der Waals surface area (Å²) >= 11 is 6.33. The summed E-state index contributed by atoms with van der Waals surface area (Å²) in [6.45, 7) is 4.46. The normalized spacial score (nSPS) is 19.1. The molecule has 4 rings (SSSR count). The van der Waals surface area contributed by atoms with E-state index in [9.17, 15) is 13.2 Å². The number of benzene rings is 2. The Balaban J connectivity index is 1.60. The number of ether oxygens (including phenoxy) is 3. The van der Waals surface area contributed by atoms with E-state index in [0.29, 0.717) is 69.6 Å². The topological polar surface area (TPSA) is 94.2 Å². The van der Waals surface area contributed by atoms with Crippen LogP contribution in [0.4, 0.5) is 0 Å². The van der Waals surface area contributed by atoms with Crippen molar-refractivity contribution in [3.05, 3.63) is 58.1 Å². The highest BCUT2D eigenvalue weighted by Gasteiger charge is 2.36. The molecule has 2 atom stereocenters. The van der Waals surface area contributed by atoms with Crippen LogP contribution in [0.1, 0.15) is 36.5 Å². The van der Waals surface area contributed by atoms with Gasteiger partial charge in [0.05, 0.1) is 24.0 Å². The number of carbonyl (C=O) groups excluding carboxylic acids is 1. The lowest BCUT2D eigenvalue weighted by Gasteiger charge is -2.32. The third-order valence-corrected chi connectivity index (χ3v) is 8.55. The molecule has 202 valence electrons. The fourth-order valence-corrected chi connectivity index (χ4v) is 6.24. The van der Waals surface area contributed by atoms with Crippen LogP contribution in [0.2, 0.25) is 5.02 Å². The van der Waals surface area contributed by atoms with Crippen LogP contribution in [0.15, 0.2) is 41.3 Å².